The molecule has 1 nitrogen and oxygen atoms in total. The fourth-order valence-electron chi connectivity index (χ4n) is 2.02. The number of hydrogen-bond acceptors (Lipinski definition) is 1. The topological polar surface area (TPSA) is 12.0 Å². The molecule has 3 aromatic rings. The molecule has 0 spiro atoms. The lowest BCUT2D eigenvalue weighted by Gasteiger charge is -2.10. The van der Waals surface area contributed by atoms with Crippen molar-refractivity contribution in [3.8, 4) is 0 Å². The van der Waals surface area contributed by atoms with Gasteiger partial charge in [-0.1, -0.05) is 41.9 Å². The molecule has 0 radical (unpaired) electrons. The third-order valence-electron chi connectivity index (χ3n) is 2.96. The Kier molecular flexibility index (Phi) is 3.45. The average Bonchev–Trinajstić information content (AvgIpc) is 2.43. The van der Waals surface area contributed by atoms with Crippen molar-refractivity contribution in [1.29, 1.82) is 0 Å². The zero-order valence-corrected chi connectivity index (χ0v) is 12.4. The molecule has 0 aliphatic carbocycles. The Morgan fingerprint density at radius 2 is 1.63 bits per heavy atom. The van der Waals surface area contributed by atoms with Crippen LogP contribution >= 0.6 is 27.5 Å². The van der Waals surface area contributed by atoms with Crippen LogP contribution in [0.15, 0.2) is 65.1 Å². The standard InChI is InChI=1S/C16H11BrClN/c17-15-8-6-13(18)10-16(15)19-14-7-5-11-3-1-2-4-12(11)9-14/h1-10,19H. The highest BCUT2D eigenvalue weighted by Crippen LogP contribution is 2.29. The summed E-state index contributed by atoms with van der Waals surface area (Å²) in [6.45, 7) is 0. The van der Waals surface area contributed by atoms with E-state index in [1.54, 1.807) is 0 Å². The van der Waals surface area contributed by atoms with Crippen LogP contribution in [0.4, 0.5) is 11.4 Å². The van der Waals surface area contributed by atoms with Gasteiger partial charge in [0.25, 0.3) is 0 Å². The summed E-state index contributed by atoms with van der Waals surface area (Å²) in [5.74, 6) is 0. The fraction of sp³-hybridized carbons (Fsp3) is 0. The second-order valence-electron chi connectivity index (χ2n) is 4.31. The number of benzene rings is 3. The first kappa shape index (κ1) is 12.5. The van der Waals surface area contributed by atoms with Crippen LogP contribution in [0.25, 0.3) is 10.8 Å². The molecule has 1 N–H and O–H groups in total. The second kappa shape index (κ2) is 5.24. The van der Waals surface area contributed by atoms with Gasteiger partial charge in [-0.05, 0) is 57.0 Å². The van der Waals surface area contributed by atoms with Crippen molar-refractivity contribution in [2.45, 2.75) is 0 Å². The minimum atomic E-state index is 0.714. The van der Waals surface area contributed by atoms with Gasteiger partial charge >= 0.3 is 0 Å². The number of halogens is 2. The van der Waals surface area contributed by atoms with E-state index < -0.39 is 0 Å². The Hall–Kier alpha value is -1.51. The molecular weight excluding hydrogens is 322 g/mol. The predicted molar refractivity (Wildman–Crippen MR) is 86.4 cm³/mol. The van der Waals surface area contributed by atoms with Gasteiger partial charge in [-0.2, -0.15) is 0 Å². The van der Waals surface area contributed by atoms with Crippen LogP contribution in [-0.2, 0) is 0 Å². The molecular formula is C16H11BrClN. The molecule has 0 atom stereocenters. The molecule has 0 saturated carbocycles. The Labute approximate surface area is 125 Å². The van der Waals surface area contributed by atoms with E-state index in [-0.39, 0.29) is 0 Å². The minimum Gasteiger partial charge on any atom is -0.355 e. The number of fused-ring (bicyclic) bond motifs is 1. The summed E-state index contributed by atoms with van der Waals surface area (Å²) in [5.41, 5.74) is 2.00. The maximum Gasteiger partial charge on any atom is 0.0543 e. The molecule has 0 amide bonds. The third-order valence-corrected chi connectivity index (χ3v) is 3.88. The van der Waals surface area contributed by atoms with Gasteiger partial charge in [0.2, 0.25) is 0 Å². The molecule has 0 aliphatic rings. The van der Waals surface area contributed by atoms with E-state index in [4.69, 9.17) is 11.6 Å². The van der Waals surface area contributed by atoms with Gasteiger partial charge in [0.05, 0.1) is 5.69 Å². The summed E-state index contributed by atoms with van der Waals surface area (Å²) in [7, 11) is 0. The summed E-state index contributed by atoms with van der Waals surface area (Å²) in [4.78, 5) is 0. The molecule has 19 heavy (non-hydrogen) atoms. The summed E-state index contributed by atoms with van der Waals surface area (Å²) < 4.78 is 0.991. The number of anilines is 2. The lowest BCUT2D eigenvalue weighted by Crippen LogP contribution is -1.91. The van der Waals surface area contributed by atoms with E-state index in [1.165, 1.54) is 10.8 Å². The zero-order valence-electron chi connectivity index (χ0n) is 10.0. The lowest BCUT2D eigenvalue weighted by atomic mass is 10.1. The SMILES string of the molecule is Clc1ccc(Br)c(Nc2ccc3ccccc3c2)c1. The van der Waals surface area contributed by atoms with E-state index in [0.29, 0.717) is 5.02 Å². The van der Waals surface area contributed by atoms with Gasteiger partial charge in [0.15, 0.2) is 0 Å². The molecule has 0 fully saturated rings. The van der Waals surface area contributed by atoms with Gasteiger partial charge in [0, 0.05) is 15.2 Å². The van der Waals surface area contributed by atoms with E-state index in [2.05, 4.69) is 51.6 Å². The van der Waals surface area contributed by atoms with Gasteiger partial charge in [-0.15, -0.1) is 0 Å². The average molecular weight is 333 g/mol. The van der Waals surface area contributed by atoms with E-state index >= 15 is 0 Å². The van der Waals surface area contributed by atoms with Crippen molar-refractivity contribution in [2.75, 3.05) is 5.32 Å². The van der Waals surface area contributed by atoms with Gasteiger partial charge < -0.3 is 5.32 Å². The smallest absolute Gasteiger partial charge is 0.0543 e. The van der Waals surface area contributed by atoms with Crippen molar-refractivity contribution >= 4 is 49.7 Å². The van der Waals surface area contributed by atoms with E-state index in [1.807, 2.05) is 30.3 Å². The Balaban J connectivity index is 1.98. The molecule has 3 aromatic carbocycles. The number of rotatable bonds is 2. The Morgan fingerprint density at radius 1 is 0.842 bits per heavy atom. The third kappa shape index (κ3) is 2.75. The van der Waals surface area contributed by atoms with Crippen LogP contribution in [0.1, 0.15) is 0 Å². The molecule has 0 aliphatic heterocycles. The van der Waals surface area contributed by atoms with Crippen LogP contribution in [0.3, 0.4) is 0 Å². The van der Waals surface area contributed by atoms with Crippen molar-refractivity contribution in [3.05, 3.63) is 70.2 Å². The zero-order chi connectivity index (χ0) is 13.2. The summed E-state index contributed by atoms with van der Waals surface area (Å²) >= 11 is 9.53. The highest BCUT2D eigenvalue weighted by atomic mass is 79.9. The van der Waals surface area contributed by atoms with Crippen molar-refractivity contribution < 1.29 is 0 Å². The van der Waals surface area contributed by atoms with Gasteiger partial charge in [0.1, 0.15) is 0 Å². The summed E-state index contributed by atoms with van der Waals surface area (Å²) in [6.07, 6.45) is 0. The van der Waals surface area contributed by atoms with Crippen LogP contribution in [0.2, 0.25) is 5.02 Å². The first-order valence-corrected chi connectivity index (χ1v) is 7.10. The largest absolute Gasteiger partial charge is 0.355 e. The van der Waals surface area contributed by atoms with Crippen LogP contribution in [0.5, 0.6) is 0 Å². The van der Waals surface area contributed by atoms with Gasteiger partial charge in [-0.25, -0.2) is 0 Å². The molecule has 0 unspecified atom stereocenters. The molecule has 3 rings (SSSR count). The van der Waals surface area contributed by atoms with Crippen molar-refractivity contribution in [2.24, 2.45) is 0 Å². The second-order valence-corrected chi connectivity index (χ2v) is 5.60. The molecule has 0 bridgehead atoms. The highest BCUT2D eigenvalue weighted by Gasteiger charge is 2.02. The lowest BCUT2D eigenvalue weighted by molar-refractivity contribution is 1.54. The molecule has 0 aromatic heterocycles. The molecule has 0 saturated heterocycles. The quantitative estimate of drug-likeness (QED) is 0.607. The maximum atomic E-state index is 6.02. The summed E-state index contributed by atoms with van der Waals surface area (Å²) in [5, 5.41) is 6.54. The normalized spacial score (nSPS) is 10.6. The van der Waals surface area contributed by atoms with Crippen LogP contribution in [-0.4, -0.2) is 0 Å². The first-order valence-electron chi connectivity index (χ1n) is 5.93. The van der Waals surface area contributed by atoms with E-state index in [0.717, 1.165) is 15.8 Å². The Morgan fingerprint density at radius 3 is 2.47 bits per heavy atom. The summed E-state index contributed by atoms with van der Waals surface area (Å²) in [6, 6.07) is 20.3. The number of hydrogen-bond donors (Lipinski definition) is 1. The molecule has 3 heteroatoms. The predicted octanol–water partition coefficient (Wildman–Crippen LogP) is 6.00. The minimum absolute atomic E-state index is 0.714. The van der Waals surface area contributed by atoms with E-state index in [9.17, 15) is 0 Å². The highest BCUT2D eigenvalue weighted by molar-refractivity contribution is 9.10. The fourth-order valence-corrected chi connectivity index (χ4v) is 2.53. The van der Waals surface area contributed by atoms with Crippen molar-refractivity contribution in [1.82, 2.24) is 0 Å². The van der Waals surface area contributed by atoms with Gasteiger partial charge in [-0.3, -0.25) is 0 Å². The van der Waals surface area contributed by atoms with Crippen molar-refractivity contribution in [3.63, 3.8) is 0 Å². The maximum absolute atomic E-state index is 6.02. The molecule has 0 heterocycles. The first-order chi connectivity index (χ1) is 9.22. The van der Waals surface area contributed by atoms with Crippen LogP contribution in [0, 0.1) is 0 Å². The Bertz CT molecular complexity index is 740. The monoisotopic (exact) mass is 331 g/mol. The molecule has 94 valence electrons. The number of nitrogens with one attached hydrogen (secondary N) is 1. The van der Waals surface area contributed by atoms with Crippen LogP contribution < -0.4 is 5.32 Å².